The van der Waals surface area contributed by atoms with E-state index in [4.69, 9.17) is 11.6 Å². The van der Waals surface area contributed by atoms with E-state index in [1.54, 1.807) is 0 Å². The van der Waals surface area contributed by atoms with Crippen LogP contribution in [-0.2, 0) is 6.54 Å². The maximum absolute atomic E-state index is 6.36. The molecule has 1 fully saturated rings. The van der Waals surface area contributed by atoms with E-state index in [9.17, 15) is 0 Å². The molecule has 0 saturated heterocycles. The fourth-order valence-electron chi connectivity index (χ4n) is 2.34. The Morgan fingerprint density at radius 1 is 1.44 bits per heavy atom. The minimum absolute atomic E-state index is 0.630. The molecule has 1 N–H and O–H groups in total. The highest BCUT2D eigenvalue weighted by atomic mass is 35.5. The van der Waals surface area contributed by atoms with Crippen LogP contribution in [0.1, 0.15) is 38.3 Å². The van der Waals surface area contributed by atoms with Crippen LogP contribution in [0.5, 0.6) is 0 Å². The van der Waals surface area contributed by atoms with Gasteiger partial charge in [-0.05, 0) is 24.7 Å². The van der Waals surface area contributed by atoms with Crippen molar-refractivity contribution in [1.29, 1.82) is 0 Å². The molecule has 88 valence electrons. The second kappa shape index (κ2) is 3.66. The Morgan fingerprint density at radius 2 is 2.19 bits per heavy atom. The van der Waals surface area contributed by atoms with Crippen molar-refractivity contribution in [3.05, 3.63) is 10.7 Å². The number of fused-ring (bicyclic) bond motifs is 1. The zero-order valence-corrected chi connectivity index (χ0v) is 10.6. The maximum atomic E-state index is 6.36. The molecular formula is C12H18ClN3. The van der Waals surface area contributed by atoms with Crippen molar-refractivity contribution < 1.29 is 0 Å². The van der Waals surface area contributed by atoms with Gasteiger partial charge in [0, 0.05) is 19.0 Å². The quantitative estimate of drug-likeness (QED) is 0.860. The summed E-state index contributed by atoms with van der Waals surface area (Å²) < 4.78 is 2.07. The van der Waals surface area contributed by atoms with E-state index in [0.29, 0.717) is 17.8 Å². The molecule has 0 bridgehead atoms. The van der Waals surface area contributed by atoms with Crippen LogP contribution in [0.3, 0.4) is 0 Å². The van der Waals surface area contributed by atoms with Gasteiger partial charge in [-0.2, -0.15) is 5.10 Å². The van der Waals surface area contributed by atoms with Crippen LogP contribution >= 0.6 is 11.6 Å². The maximum Gasteiger partial charge on any atom is 0.143 e. The lowest BCUT2D eigenvalue weighted by molar-refractivity contribution is 0.321. The SMILES string of the molecule is CC(C)C1CNc2c(Cl)c(C3CC3)nn2C1. The number of aromatic nitrogens is 2. The first-order valence-corrected chi connectivity index (χ1v) is 6.54. The predicted molar refractivity (Wildman–Crippen MR) is 66.0 cm³/mol. The molecule has 1 aromatic rings. The van der Waals surface area contributed by atoms with Crippen LogP contribution in [0.25, 0.3) is 0 Å². The second-order valence-electron chi connectivity index (χ2n) is 5.39. The number of nitrogens with one attached hydrogen (secondary N) is 1. The average molecular weight is 240 g/mol. The van der Waals surface area contributed by atoms with Crippen LogP contribution in [0.4, 0.5) is 5.82 Å². The Morgan fingerprint density at radius 3 is 2.81 bits per heavy atom. The normalized spacial score (nSPS) is 24.4. The van der Waals surface area contributed by atoms with Gasteiger partial charge >= 0.3 is 0 Å². The summed E-state index contributed by atoms with van der Waals surface area (Å²) in [4.78, 5) is 0. The first-order valence-electron chi connectivity index (χ1n) is 6.17. The van der Waals surface area contributed by atoms with Crippen molar-refractivity contribution in [2.24, 2.45) is 11.8 Å². The zero-order valence-electron chi connectivity index (χ0n) is 9.83. The third-order valence-corrected chi connectivity index (χ3v) is 4.14. The summed E-state index contributed by atoms with van der Waals surface area (Å²) in [6, 6.07) is 0. The van der Waals surface area contributed by atoms with E-state index >= 15 is 0 Å². The van der Waals surface area contributed by atoms with Gasteiger partial charge in [0.05, 0.1) is 5.69 Å². The first-order chi connectivity index (χ1) is 7.66. The van der Waals surface area contributed by atoms with E-state index in [1.807, 2.05) is 0 Å². The molecule has 3 nitrogen and oxygen atoms in total. The van der Waals surface area contributed by atoms with Crippen molar-refractivity contribution in [2.75, 3.05) is 11.9 Å². The lowest BCUT2D eigenvalue weighted by Crippen LogP contribution is -2.31. The highest BCUT2D eigenvalue weighted by Crippen LogP contribution is 2.45. The summed E-state index contributed by atoms with van der Waals surface area (Å²) in [7, 11) is 0. The molecule has 1 atom stereocenters. The Hall–Kier alpha value is -0.700. The minimum Gasteiger partial charge on any atom is -0.369 e. The Labute approximate surface area is 101 Å². The molecule has 1 aliphatic carbocycles. The zero-order chi connectivity index (χ0) is 11.3. The summed E-state index contributed by atoms with van der Waals surface area (Å²) >= 11 is 6.36. The molecule has 2 aliphatic rings. The number of nitrogens with zero attached hydrogens (tertiary/aromatic N) is 2. The average Bonchev–Trinajstić information content (AvgIpc) is 3.04. The number of halogens is 1. The second-order valence-corrected chi connectivity index (χ2v) is 5.77. The molecule has 4 heteroatoms. The van der Waals surface area contributed by atoms with Crippen LogP contribution in [-0.4, -0.2) is 16.3 Å². The largest absolute Gasteiger partial charge is 0.369 e. The fraction of sp³-hybridized carbons (Fsp3) is 0.750. The van der Waals surface area contributed by atoms with Crippen molar-refractivity contribution in [2.45, 2.75) is 39.2 Å². The molecule has 3 rings (SSSR count). The standard InChI is InChI=1S/C12H18ClN3/c1-7(2)9-5-14-12-10(13)11(8-3-4-8)15-16(12)6-9/h7-9,14H,3-6H2,1-2H3. The van der Waals surface area contributed by atoms with Gasteiger partial charge < -0.3 is 5.32 Å². The molecule has 0 radical (unpaired) electrons. The molecule has 16 heavy (non-hydrogen) atoms. The number of hydrogen-bond acceptors (Lipinski definition) is 2. The molecule has 1 aromatic heterocycles. The fourth-order valence-corrected chi connectivity index (χ4v) is 2.69. The lowest BCUT2D eigenvalue weighted by atomic mass is 9.95. The van der Waals surface area contributed by atoms with Crippen molar-refractivity contribution in [3.8, 4) is 0 Å². The molecule has 2 heterocycles. The van der Waals surface area contributed by atoms with Crippen LogP contribution in [0.2, 0.25) is 5.02 Å². The van der Waals surface area contributed by atoms with Gasteiger partial charge in [0.15, 0.2) is 0 Å². The lowest BCUT2D eigenvalue weighted by Gasteiger charge is -2.27. The van der Waals surface area contributed by atoms with Crippen molar-refractivity contribution in [1.82, 2.24) is 9.78 Å². The van der Waals surface area contributed by atoms with E-state index in [-0.39, 0.29) is 0 Å². The van der Waals surface area contributed by atoms with E-state index in [1.165, 1.54) is 12.8 Å². The minimum atomic E-state index is 0.630. The molecule has 0 spiro atoms. The van der Waals surface area contributed by atoms with Gasteiger partial charge in [-0.25, -0.2) is 4.68 Å². The van der Waals surface area contributed by atoms with E-state index in [2.05, 4.69) is 28.9 Å². The van der Waals surface area contributed by atoms with Crippen LogP contribution < -0.4 is 5.32 Å². The van der Waals surface area contributed by atoms with E-state index < -0.39 is 0 Å². The summed E-state index contributed by atoms with van der Waals surface area (Å²) in [6.45, 7) is 6.56. The number of hydrogen-bond donors (Lipinski definition) is 1. The Bertz CT molecular complexity index is 407. The molecular weight excluding hydrogens is 222 g/mol. The van der Waals surface area contributed by atoms with Gasteiger partial charge in [0.25, 0.3) is 0 Å². The summed E-state index contributed by atoms with van der Waals surface area (Å²) in [6.07, 6.45) is 2.51. The van der Waals surface area contributed by atoms with Crippen LogP contribution in [0.15, 0.2) is 0 Å². The van der Waals surface area contributed by atoms with Crippen LogP contribution in [0, 0.1) is 11.8 Å². The van der Waals surface area contributed by atoms with E-state index in [0.717, 1.165) is 29.6 Å². The first kappa shape index (κ1) is 10.5. The highest BCUT2D eigenvalue weighted by Gasteiger charge is 2.33. The topological polar surface area (TPSA) is 29.9 Å². The Kier molecular flexibility index (Phi) is 2.39. The summed E-state index contributed by atoms with van der Waals surface area (Å²) in [5.74, 6) is 3.02. The predicted octanol–water partition coefficient (Wildman–Crippen LogP) is 3.11. The number of anilines is 1. The summed E-state index contributed by atoms with van der Waals surface area (Å²) in [5.41, 5.74) is 1.12. The third kappa shape index (κ3) is 1.61. The Balaban J connectivity index is 1.90. The highest BCUT2D eigenvalue weighted by molar-refractivity contribution is 6.33. The van der Waals surface area contributed by atoms with Gasteiger partial charge in [0.1, 0.15) is 10.8 Å². The van der Waals surface area contributed by atoms with Gasteiger partial charge in [-0.15, -0.1) is 0 Å². The van der Waals surface area contributed by atoms with Gasteiger partial charge in [-0.3, -0.25) is 0 Å². The smallest absolute Gasteiger partial charge is 0.143 e. The molecule has 1 unspecified atom stereocenters. The number of rotatable bonds is 2. The third-order valence-electron chi connectivity index (χ3n) is 3.77. The molecule has 1 aliphatic heterocycles. The van der Waals surface area contributed by atoms with Crippen molar-refractivity contribution >= 4 is 17.4 Å². The molecule has 1 saturated carbocycles. The van der Waals surface area contributed by atoms with Gasteiger partial charge in [0.2, 0.25) is 0 Å². The van der Waals surface area contributed by atoms with Crippen molar-refractivity contribution in [3.63, 3.8) is 0 Å². The monoisotopic (exact) mass is 239 g/mol. The molecule has 0 amide bonds. The summed E-state index contributed by atoms with van der Waals surface area (Å²) in [5, 5.41) is 8.97. The molecule has 0 aromatic carbocycles. The van der Waals surface area contributed by atoms with Gasteiger partial charge in [-0.1, -0.05) is 25.4 Å².